The van der Waals surface area contributed by atoms with Gasteiger partial charge in [-0.2, -0.15) is 5.10 Å². The van der Waals surface area contributed by atoms with Crippen molar-refractivity contribution in [3.05, 3.63) is 59.5 Å². The summed E-state index contributed by atoms with van der Waals surface area (Å²) in [5.41, 5.74) is 9.37. The van der Waals surface area contributed by atoms with Gasteiger partial charge in [-0.1, -0.05) is 15.9 Å². The summed E-state index contributed by atoms with van der Waals surface area (Å²) in [5.74, 6) is 0. The lowest BCUT2D eigenvalue weighted by Gasteiger charge is -2.00. The van der Waals surface area contributed by atoms with Crippen molar-refractivity contribution in [3.63, 3.8) is 0 Å². The van der Waals surface area contributed by atoms with Crippen molar-refractivity contribution in [2.75, 3.05) is 5.73 Å². The molecule has 3 rings (SSSR count). The van der Waals surface area contributed by atoms with Crippen LogP contribution in [0.4, 0.5) is 5.69 Å². The largest absolute Gasteiger partial charge is 0.396 e. The van der Waals surface area contributed by atoms with Crippen LogP contribution in [-0.4, -0.2) is 14.8 Å². The number of nitrogen functional groups attached to an aromatic ring is 1. The van der Waals surface area contributed by atoms with Crippen LogP contribution < -0.4 is 5.73 Å². The zero-order valence-electron chi connectivity index (χ0n) is 9.99. The van der Waals surface area contributed by atoms with Gasteiger partial charge in [-0.05, 0) is 36.4 Å². The van der Waals surface area contributed by atoms with E-state index in [0.717, 1.165) is 21.4 Å². The predicted octanol–water partition coefficient (Wildman–Crippen LogP) is 3.28. The Kier molecular flexibility index (Phi) is 3.05. The van der Waals surface area contributed by atoms with Crippen LogP contribution in [0.2, 0.25) is 0 Å². The molecule has 0 amide bonds. The van der Waals surface area contributed by atoms with Gasteiger partial charge in [0.2, 0.25) is 0 Å². The molecule has 0 spiro atoms. The second-order valence-electron chi connectivity index (χ2n) is 4.09. The van der Waals surface area contributed by atoms with Crippen molar-refractivity contribution in [3.8, 4) is 16.9 Å². The van der Waals surface area contributed by atoms with Crippen molar-refractivity contribution in [1.29, 1.82) is 0 Å². The molecule has 2 N–H and O–H groups in total. The lowest BCUT2D eigenvalue weighted by Crippen LogP contribution is -1.94. The van der Waals surface area contributed by atoms with Crippen LogP contribution in [0.15, 0.2) is 59.5 Å². The Morgan fingerprint density at radius 2 is 1.68 bits per heavy atom. The van der Waals surface area contributed by atoms with E-state index >= 15 is 0 Å². The van der Waals surface area contributed by atoms with E-state index in [0.29, 0.717) is 5.69 Å². The van der Waals surface area contributed by atoms with E-state index in [2.05, 4.69) is 26.0 Å². The van der Waals surface area contributed by atoms with Gasteiger partial charge in [0, 0.05) is 22.4 Å². The smallest absolute Gasteiger partial charge is 0.116 e. The summed E-state index contributed by atoms with van der Waals surface area (Å²) >= 11 is 3.41. The maximum absolute atomic E-state index is 6.03. The second-order valence-corrected chi connectivity index (χ2v) is 5.01. The number of pyridine rings is 1. The van der Waals surface area contributed by atoms with E-state index in [4.69, 9.17) is 5.73 Å². The molecule has 0 fully saturated rings. The van der Waals surface area contributed by atoms with E-state index < -0.39 is 0 Å². The van der Waals surface area contributed by atoms with E-state index in [9.17, 15) is 0 Å². The number of benzene rings is 1. The van der Waals surface area contributed by atoms with Gasteiger partial charge in [0.05, 0.1) is 17.6 Å². The summed E-state index contributed by atoms with van der Waals surface area (Å²) in [7, 11) is 0. The second kappa shape index (κ2) is 4.85. The normalized spacial score (nSPS) is 10.6. The summed E-state index contributed by atoms with van der Waals surface area (Å²) in [6, 6.07) is 11.7. The first-order valence-electron chi connectivity index (χ1n) is 5.75. The molecule has 19 heavy (non-hydrogen) atoms. The van der Waals surface area contributed by atoms with Crippen LogP contribution in [0, 0.1) is 0 Å². The number of halogens is 1. The van der Waals surface area contributed by atoms with Crippen molar-refractivity contribution < 1.29 is 0 Å². The average Bonchev–Trinajstić information content (AvgIpc) is 2.83. The number of hydrogen-bond acceptors (Lipinski definition) is 3. The zero-order valence-corrected chi connectivity index (χ0v) is 11.6. The summed E-state index contributed by atoms with van der Waals surface area (Å²) in [6.45, 7) is 0. The number of anilines is 1. The van der Waals surface area contributed by atoms with Crippen LogP contribution in [0.1, 0.15) is 0 Å². The molecular formula is C14H11BrN4. The highest BCUT2D eigenvalue weighted by Gasteiger charge is 2.09. The molecule has 0 aliphatic carbocycles. The lowest BCUT2D eigenvalue weighted by molar-refractivity contribution is 0.884. The Hall–Kier alpha value is -2.14. The van der Waals surface area contributed by atoms with E-state index in [1.165, 1.54) is 0 Å². The topological polar surface area (TPSA) is 56.7 Å². The maximum atomic E-state index is 6.03. The molecule has 4 nitrogen and oxygen atoms in total. The van der Waals surface area contributed by atoms with Gasteiger partial charge in [-0.3, -0.25) is 4.98 Å². The Labute approximate surface area is 119 Å². The standard InChI is InChI=1S/C14H11BrN4/c15-11-1-3-12(4-2-11)19-9-13(16)14(18-19)10-5-7-17-8-6-10/h1-9H,16H2. The van der Waals surface area contributed by atoms with Crippen molar-refractivity contribution in [2.45, 2.75) is 0 Å². The van der Waals surface area contributed by atoms with Gasteiger partial charge in [-0.25, -0.2) is 4.68 Å². The third-order valence-corrected chi connectivity index (χ3v) is 3.32. The van der Waals surface area contributed by atoms with E-state index in [1.54, 1.807) is 17.1 Å². The van der Waals surface area contributed by atoms with Crippen LogP contribution in [-0.2, 0) is 0 Å². The first kappa shape index (κ1) is 11.9. The lowest BCUT2D eigenvalue weighted by atomic mass is 10.2. The third-order valence-electron chi connectivity index (χ3n) is 2.79. The number of aromatic nitrogens is 3. The molecule has 0 unspecified atom stereocenters. The summed E-state index contributed by atoms with van der Waals surface area (Å²) in [5, 5.41) is 4.53. The Morgan fingerprint density at radius 1 is 1.00 bits per heavy atom. The first-order chi connectivity index (χ1) is 9.24. The van der Waals surface area contributed by atoms with Crippen molar-refractivity contribution in [2.24, 2.45) is 0 Å². The highest BCUT2D eigenvalue weighted by Crippen LogP contribution is 2.25. The number of hydrogen-bond donors (Lipinski definition) is 1. The average molecular weight is 315 g/mol. The number of rotatable bonds is 2. The van der Waals surface area contributed by atoms with Crippen LogP contribution >= 0.6 is 15.9 Å². The fourth-order valence-corrected chi connectivity index (χ4v) is 2.11. The zero-order chi connectivity index (χ0) is 13.2. The fourth-order valence-electron chi connectivity index (χ4n) is 1.85. The minimum atomic E-state index is 0.647. The molecule has 0 saturated carbocycles. The Morgan fingerprint density at radius 3 is 2.37 bits per heavy atom. The SMILES string of the molecule is Nc1cn(-c2ccc(Br)cc2)nc1-c1ccncc1. The van der Waals surface area contributed by atoms with Gasteiger partial charge in [0.15, 0.2) is 0 Å². The molecular weight excluding hydrogens is 304 g/mol. The predicted molar refractivity (Wildman–Crippen MR) is 78.9 cm³/mol. The molecule has 3 aromatic rings. The highest BCUT2D eigenvalue weighted by atomic mass is 79.9. The third kappa shape index (κ3) is 2.37. The number of nitrogens with two attached hydrogens (primary N) is 1. The first-order valence-corrected chi connectivity index (χ1v) is 6.55. The van der Waals surface area contributed by atoms with Crippen LogP contribution in [0.25, 0.3) is 16.9 Å². The minimum absolute atomic E-state index is 0.647. The van der Waals surface area contributed by atoms with Gasteiger partial charge in [0.1, 0.15) is 5.69 Å². The van der Waals surface area contributed by atoms with E-state index in [-0.39, 0.29) is 0 Å². The van der Waals surface area contributed by atoms with Crippen LogP contribution in [0.5, 0.6) is 0 Å². The maximum Gasteiger partial charge on any atom is 0.116 e. The van der Waals surface area contributed by atoms with Gasteiger partial charge >= 0.3 is 0 Å². The molecule has 94 valence electrons. The molecule has 0 aliphatic heterocycles. The summed E-state index contributed by atoms with van der Waals surface area (Å²) in [4.78, 5) is 3.99. The minimum Gasteiger partial charge on any atom is -0.396 e. The molecule has 0 atom stereocenters. The molecule has 0 aliphatic rings. The molecule has 0 radical (unpaired) electrons. The highest BCUT2D eigenvalue weighted by molar-refractivity contribution is 9.10. The van der Waals surface area contributed by atoms with E-state index in [1.807, 2.05) is 42.6 Å². The number of nitrogens with zero attached hydrogens (tertiary/aromatic N) is 3. The van der Waals surface area contributed by atoms with Crippen molar-refractivity contribution in [1.82, 2.24) is 14.8 Å². The molecule has 2 heterocycles. The molecule has 1 aromatic carbocycles. The Balaban J connectivity index is 2.04. The van der Waals surface area contributed by atoms with Gasteiger partial charge in [0.25, 0.3) is 0 Å². The van der Waals surface area contributed by atoms with Gasteiger partial charge < -0.3 is 5.73 Å². The Bertz CT molecular complexity index is 689. The quantitative estimate of drug-likeness (QED) is 0.789. The molecule has 0 bridgehead atoms. The monoisotopic (exact) mass is 314 g/mol. The summed E-state index contributed by atoms with van der Waals surface area (Å²) < 4.78 is 2.81. The fraction of sp³-hybridized carbons (Fsp3) is 0. The van der Waals surface area contributed by atoms with Crippen LogP contribution in [0.3, 0.4) is 0 Å². The molecule has 5 heteroatoms. The summed E-state index contributed by atoms with van der Waals surface area (Å²) in [6.07, 6.45) is 5.28. The van der Waals surface area contributed by atoms with Crippen molar-refractivity contribution >= 4 is 21.6 Å². The van der Waals surface area contributed by atoms with Gasteiger partial charge in [-0.15, -0.1) is 0 Å². The molecule has 0 saturated heterocycles. The molecule has 2 aromatic heterocycles.